The topological polar surface area (TPSA) is 105 Å². The van der Waals surface area contributed by atoms with E-state index in [9.17, 15) is 14.7 Å². The lowest BCUT2D eigenvalue weighted by atomic mass is 10.0. The Hall–Kier alpha value is -1.44. The van der Waals surface area contributed by atoms with Crippen LogP contribution in [-0.2, 0) is 4.74 Å². The second-order valence-corrected chi connectivity index (χ2v) is 4.58. The molecule has 0 radical (unpaired) electrons. The van der Waals surface area contributed by atoms with Crippen LogP contribution < -0.4 is 11.2 Å². The summed E-state index contributed by atoms with van der Waals surface area (Å²) in [5.74, 6) is -0.356. The summed E-state index contributed by atoms with van der Waals surface area (Å²) in [6.07, 6.45) is -0.863. The number of aromatic nitrogens is 2. The minimum Gasteiger partial charge on any atom is -0.394 e. The third kappa shape index (κ3) is 2.00. The normalized spacial score (nSPS) is 31.8. The molecule has 1 aliphatic rings. The molecule has 0 aliphatic carbocycles. The molecular formula is C11H16N2O5. The molecule has 1 aromatic heterocycles. The molecule has 3 N–H and O–H groups in total. The first kappa shape index (κ1) is 13.0. The van der Waals surface area contributed by atoms with Gasteiger partial charge in [0.05, 0.1) is 12.7 Å². The average Bonchev–Trinajstić information content (AvgIpc) is 2.61. The van der Waals surface area contributed by atoms with Gasteiger partial charge >= 0.3 is 5.69 Å². The summed E-state index contributed by atoms with van der Waals surface area (Å²) in [5.41, 5.74) is -0.651. The number of nitrogens with zero attached hydrogens (tertiary/aromatic N) is 1. The highest BCUT2D eigenvalue weighted by molar-refractivity contribution is 5.02. The van der Waals surface area contributed by atoms with Gasteiger partial charge in [-0.2, -0.15) is 0 Å². The number of hydrogen-bond donors (Lipinski definition) is 3. The van der Waals surface area contributed by atoms with Crippen molar-refractivity contribution in [3.8, 4) is 0 Å². The number of aliphatic hydroxyl groups is 2. The van der Waals surface area contributed by atoms with Crippen LogP contribution in [0.1, 0.15) is 18.7 Å². The maximum atomic E-state index is 11.7. The van der Waals surface area contributed by atoms with Crippen molar-refractivity contribution in [1.29, 1.82) is 0 Å². The van der Waals surface area contributed by atoms with Crippen LogP contribution in [0.15, 0.2) is 15.8 Å². The van der Waals surface area contributed by atoms with Gasteiger partial charge in [0.15, 0.2) is 0 Å². The standard InChI is InChI=1S/C11H16N2O5/c1-5-3-13(11(17)12-9(5)16)10-6(2)8(15)7(4-14)18-10/h3,6-8,10,14-15H,4H2,1-2H3,(H,12,16,17)/t6?,7-,8?,10-/m0/s1. The van der Waals surface area contributed by atoms with Gasteiger partial charge in [0, 0.05) is 17.7 Å². The molecule has 2 heterocycles. The number of aryl methyl sites for hydroxylation is 1. The van der Waals surface area contributed by atoms with E-state index in [1.807, 2.05) is 0 Å². The summed E-state index contributed by atoms with van der Waals surface area (Å²) >= 11 is 0. The molecule has 1 saturated heterocycles. The van der Waals surface area contributed by atoms with Gasteiger partial charge in [0.25, 0.3) is 5.56 Å². The van der Waals surface area contributed by atoms with Gasteiger partial charge in [0.1, 0.15) is 12.3 Å². The molecule has 2 unspecified atom stereocenters. The van der Waals surface area contributed by atoms with Crippen molar-refractivity contribution in [3.05, 3.63) is 32.6 Å². The van der Waals surface area contributed by atoms with Crippen LogP contribution >= 0.6 is 0 Å². The third-order valence-corrected chi connectivity index (χ3v) is 3.28. The number of aliphatic hydroxyl groups excluding tert-OH is 2. The zero-order chi connectivity index (χ0) is 13.4. The third-order valence-electron chi connectivity index (χ3n) is 3.28. The second-order valence-electron chi connectivity index (χ2n) is 4.58. The lowest BCUT2D eigenvalue weighted by molar-refractivity contribution is -0.0477. The summed E-state index contributed by atoms with van der Waals surface area (Å²) in [7, 11) is 0. The van der Waals surface area contributed by atoms with Crippen LogP contribution in [-0.4, -0.2) is 38.6 Å². The second kappa shape index (κ2) is 4.68. The fourth-order valence-electron chi connectivity index (χ4n) is 2.14. The molecule has 0 saturated carbocycles. The molecule has 0 aromatic carbocycles. The van der Waals surface area contributed by atoms with Crippen LogP contribution in [0.3, 0.4) is 0 Å². The van der Waals surface area contributed by atoms with E-state index in [-0.39, 0.29) is 12.5 Å². The Kier molecular flexibility index (Phi) is 3.38. The predicted molar refractivity (Wildman–Crippen MR) is 62.2 cm³/mol. The van der Waals surface area contributed by atoms with E-state index in [0.717, 1.165) is 0 Å². The maximum Gasteiger partial charge on any atom is 0.330 e. The maximum absolute atomic E-state index is 11.7. The Balaban J connectivity index is 2.42. The molecular weight excluding hydrogens is 240 g/mol. The van der Waals surface area contributed by atoms with E-state index in [0.29, 0.717) is 5.56 Å². The highest BCUT2D eigenvalue weighted by Gasteiger charge is 2.41. The van der Waals surface area contributed by atoms with E-state index < -0.39 is 29.7 Å². The zero-order valence-electron chi connectivity index (χ0n) is 10.2. The molecule has 1 fully saturated rings. The zero-order valence-corrected chi connectivity index (χ0v) is 10.2. The molecule has 2 rings (SSSR count). The number of hydrogen-bond acceptors (Lipinski definition) is 5. The minimum atomic E-state index is -0.848. The van der Waals surface area contributed by atoms with E-state index in [1.54, 1.807) is 13.8 Å². The van der Waals surface area contributed by atoms with E-state index in [1.165, 1.54) is 10.8 Å². The van der Waals surface area contributed by atoms with Crippen molar-refractivity contribution in [1.82, 2.24) is 9.55 Å². The number of rotatable bonds is 2. The van der Waals surface area contributed by atoms with E-state index >= 15 is 0 Å². The molecule has 4 atom stereocenters. The Morgan fingerprint density at radius 1 is 1.50 bits per heavy atom. The van der Waals surface area contributed by atoms with Gasteiger partial charge in [0.2, 0.25) is 0 Å². The van der Waals surface area contributed by atoms with Crippen LogP contribution in [0, 0.1) is 12.8 Å². The van der Waals surface area contributed by atoms with Gasteiger partial charge < -0.3 is 14.9 Å². The molecule has 0 bridgehead atoms. The number of ether oxygens (including phenoxy) is 1. The first-order valence-corrected chi connectivity index (χ1v) is 5.72. The summed E-state index contributed by atoms with van der Waals surface area (Å²) in [5, 5.41) is 18.9. The Morgan fingerprint density at radius 2 is 2.17 bits per heavy atom. The summed E-state index contributed by atoms with van der Waals surface area (Å²) < 4.78 is 6.67. The first-order chi connectivity index (χ1) is 8.45. The van der Waals surface area contributed by atoms with Crippen molar-refractivity contribution in [2.24, 2.45) is 5.92 Å². The highest BCUT2D eigenvalue weighted by Crippen LogP contribution is 2.33. The van der Waals surface area contributed by atoms with Crippen molar-refractivity contribution in [2.45, 2.75) is 32.3 Å². The summed E-state index contributed by atoms with van der Waals surface area (Å²) in [6.45, 7) is 2.98. The SMILES string of the molecule is Cc1cn([C@H]2O[C@@H](CO)C(O)C2C)c(=O)[nH]c1=O. The molecule has 7 heteroatoms. The van der Waals surface area contributed by atoms with Crippen LogP contribution in [0.5, 0.6) is 0 Å². The van der Waals surface area contributed by atoms with Gasteiger partial charge in [-0.3, -0.25) is 14.3 Å². The van der Waals surface area contributed by atoms with Crippen molar-refractivity contribution >= 4 is 0 Å². The van der Waals surface area contributed by atoms with Gasteiger partial charge in [-0.05, 0) is 6.92 Å². The fourth-order valence-corrected chi connectivity index (χ4v) is 2.14. The highest BCUT2D eigenvalue weighted by atomic mass is 16.5. The quantitative estimate of drug-likeness (QED) is 0.612. The Labute approximate surface area is 103 Å². The Morgan fingerprint density at radius 3 is 2.72 bits per heavy atom. The van der Waals surface area contributed by atoms with Crippen LogP contribution in [0.2, 0.25) is 0 Å². The monoisotopic (exact) mass is 256 g/mol. The molecule has 1 aromatic rings. The lowest BCUT2D eigenvalue weighted by Gasteiger charge is -2.18. The average molecular weight is 256 g/mol. The minimum absolute atomic E-state index is 0.320. The van der Waals surface area contributed by atoms with Crippen molar-refractivity contribution in [2.75, 3.05) is 6.61 Å². The van der Waals surface area contributed by atoms with Gasteiger partial charge in [-0.1, -0.05) is 6.92 Å². The number of H-pyrrole nitrogens is 1. The fraction of sp³-hybridized carbons (Fsp3) is 0.636. The van der Waals surface area contributed by atoms with E-state index in [2.05, 4.69) is 4.98 Å². The van der Waals surface area contributed by atoms with Crippen LogP contribution in [0.25, 0.3) is 0 Å². The van der Waals surface area contributed by atoms with Crippen LogP contribution in [0.4, 0.5) is 0 Å². The molecule has 18 heavy (non-hydrogen) atoms. The predicted octanol–water partition coefficient (Wildman–Crippen LogP) is -1.27. The molecule has 1 aliphatic heterocycles. The molecule has 0 amide bonds. The van der Waals surface area contributed by atoms with Gasteiger partial charge in [-0.25, -0.2) is 4.79 Å². The smallest absolute Gasteiger partial charge is 0.330 e. The number of nitrogens with one attached hydrogen (secondary N) is 1. The Bertz CT molecular complexity index is 549. The number of aromatic amines is 1. The van der Waals surface area contributed by atoms with E-state index in [4.69, 9.17) is 9.84 Å². The van der Waals surface area contributed by atoms with Crippen molar-refractivity contribution < 1.29 is 14.9 Å². The molecule has 7 nitrogen and oxygen atoms in total. The first-order valence-electron chi connectivity index (χ1n) is 5.72. The summed E-state index contributed by atoms with van der Waals surface area (Å²) in [4.78, 5) is 25.2. The largest absolute Gasteiger partial charge is 0.394 e. The molecule has 100 valence electrons. The molecule has 0 spiro atoms. The van der Waals surface area contributed by atoms with Crippen molar-refractivity contribution in [3.63, 3.8) is 0 Å². The lowest BCUT2D eigenvalue weighted by Crippen LogP contribution is -2.35. The summed E-state index contributed by atoms with van der Waals surface area (Å²) in [6, 6.07) is 0. The van der Waals surface area contributed by atoms with Gasteiger partial charge in [-0.15, -0.1) is 0 Å².